The minimum absolute atomic E-state index is 0.139. The van der Waals surface area contributed by atoms with Crippen LogP contribution in [0.4, 0.5) is 5.13 Å². The smallest absolute Gasteiger partial charge is 0.251 e. The maximum absolute atomic E-state index is 11.3. The lowest BCUT2D eigenvalue weighted by molar-refractivity contribution is 0.798. The highest BCUT2D eigenvalue weighted by molar-refractivity contribution is 7.09. The Labute approximate surface area is 109 Å². The molecule has 0 unspecified atom stereocenters. The zero-order valence-corrected chi connectivity index (χ0v) is 11.3. The van der Waals surface area contributed by atoms with Crippen molar-refractivity contribution >= 4 is 16.7 Å². The van der Waals surface area contributed by atoms with Crippen molar-refractivity contribution in [3.8, 4) is 0 Å². The zero-order chi connectivity index (χ0) is 13.1. The molecule has 0 spiro atoms. The molecule has 2 N–H and O–H groups in total. The summed E-state index contributed by atoms with van der Waals surface area (Å²) in [6.45, 7) is 6.32. The summed E-state index contributed by atoms with van der Waals surface area (Å²) in [5, 5.41) is 3.84. The summed E-state index contributed by atoms with van der Waals surface area (Å²) < 4.78 is 4.24. The molecule has 0 aliphatic heterocycles. The molecule has 0 radical (unpaired) electrons. The molecule has 0 bridgehead atoms. The van der Waals surface area contributed by atoms with E-state index >= 15 is 0 Å². The van der Waals surface area contributed by atoms with Crippen molar-refractivity contribution in [2.24, 2.45) is 0 Å². The van der Waals surface area contributed by atoms with Crippen LogP contribution >= 0.6 is 11.5 Å². The van der Waals surface area contributed by atoms with E-state index in [0.717, 1.165) is 11.0 Å². The van der Waals surface area contributed by atoms with E-state index in [-0.39, 0.29) is 5.56 Å². The van der Waals surface area contributed by atoms with Gasteiger partial charge in [0, 0.05) is 29.2 Å². The van der Waals surface area contributed by atoms with Gasteiger partial charge < -0.3 is 10.3 Å². The first kappa shape index (κ1) is 12.7. The van der Waals surface area contributed by atoms with Crippen molar-refractivity contribution in [3.63, 3.8) is 0 Å². The van der Waals surface area contributed by atoms with Crippen LogP contribution in [-0.2, 0) is 6.54 Å². The third-order valence-corrected chi connectivity index (χ3v) is 2.97. The maximum Gasteiger partial charge on any atom is 0.251 e. The van der Waals surface area contributed by atoms with Gasteiger partial charge in [0.2, 0.25) is 5.13 Å². The molecule has 2 aromatic heterocycles. The Kier molecular flexibility index (Phi) is 3.71. The predicted octanol–water partition coefficient (Wildman–Crippen LogP) is 1.67. The highest BCUT2D eigenvalue weighted by atomic mass is 32.1. The quantitative estimate of drug-likeness (QED) is 0.878. The van der Waals surface area contributed by atoms with Crippen LogP contribution in [0.1, 0.15) is 37.1 Å². The van der Waals surface area contributed by atoms with Gasteiger partial charge in [-0.3, -0.25) is 4.79 Å². The summed E-state index contributed by atoms with van der Waals surface area (Å²) in [6.07, 6.45) is 0. The Bertz CT molecular complexity index is 589. The lowest BCUT2D eigenvalue weighted by Crippen LogP contribution is -2.14. The van der Waals surface area contributed by atoms with Gasteiger partial charge in [0.25, 0.3) is 5.56 Å². The van der Waals surface area contributed by atoms with Crippen molar-refractivity contribution < 1.29 is 0 Å². The molecule has 0 saturated carbocycles. The summed E-state index contributed by atoms with van der Waals surface area (Å²) in [7, 11) is 0. The van der Waals surface area contributed by atoms with Crippen LogP contribution in [0.5, 0.6) is 0 Å². The summed E-state index contributed by atoms with van der Waals surface area (Å²) in [5.74, 6) is 1.74. The number of nitrogens with zero attached hydrogens (tertiary/aromatic N) is 3. The van der Waals surface area contributed by atoms with E-state index < -0.39 is 0 Å². The molecule has 0 aromatic carbocycles. The van der Waals surface area contributed by atoms with Crippen LogP contribution in [0.15, 0.2) is 10.9 Å². The normalized spacial score (nSPS) is 10.9. The number of rotatable bonds is 4. The molecule has 7 heteroatoms. The fourth-order valence-corrected chi connectivity index (χ4v) is 2.13. The third kappa shape index (κ3) is 3.13. The molecule has 96 valence electrons. The molecular formula is C11H15N5OS. The Morgan fingerprint density at radius 2 is 2.22 bits per heavy atom. The van der Waals surface area contributed by atoms with E-state index in [0.29, 0.717) is 24.0 Å². The number of anilines is 1. The second kappa shape index (κ2) is 5.26. The van der Waals surface area contributed by atoms with Crippen molar-refractivity contribution in [1.82, 2.24) is 19.3 Å². The second-order valence-corrected chi connectivity index (χ2v) is 5.05. The first-order valence-electron chi connectivity index (χ1n) is 5.69. The molecule has 0 amide bonds. The number of nitrogens with one attached hydrogen (secondary N) is 2. The lowest BCUT2D eigenvalue weighted by Gasteiger charge is -2.02. The van der Waals surface area contributed by atoms with Crippen LogP contribution in [0.2, 0.25) is 0 Å². The Hall–Kier alpha value is -1.76. The summed E-state index contributed by atoms with van der Waals surface area (Å²) >= 11 is 1.31. The van der Waals surface area contributed by atoms with Crippen molar-refractivity contribution in [2.75, 3.05) is 5.32 Å². The number of H-pyrrole nitrogens is 1. The van der Waals surface area contributed by atoms with Crippen LogP contribution in [0.25, 0.3) is 0 Å². The molecule has 0 aliphatic carbocycles. The van der Waals surface area contributed by atoms with Gasteiger partial charge >= 0.3 is 0 Å². The molecular weight excluding hydrogens is 250 g/mol. The fourth-order valence-electron chi connectivity index (χ4n) is 1.43. The fraction of sp³-hybridized carbons (Fsp3) is 0.455. The molecule has 0 fully saturated rings. The van der Waals surface area contributed by atoms with E-state index in [1.165, 1.54) is 17.6 Å². The standard InChI is InChI=1S/C11H15N5OS/c1-6(2)10-15-11(18-16-10)12-5-8-13-7(3)4-9(17)14-8/h4,6H,5H2,1-3H3,(H,12,15,16)(H,13,14,17). The van der Waals surface area contributed by atoms with Gasteiger partial charge in [0.15, 0.2) is 0 Å². The van der Waals surface area contributed by atoms with E-state index in [1.54, 1.807) is 6.92 Å². The minimum atomic E-state index is -0.139. The van der Waals surface area contributed by atoms with Gasteiger partial charge in [0.1, 0.15) is 11.6 Å². The van der Waals surface area contributed by atoms with E-state index in [9.17, 15) is 4.79 Å². The lowest BCUT2D eigenvalue weighted by atomic mass is 10.2. The molecule has 0 saturated heterocycles. The summed E-state index contributed by atoms with van der Waals surface area (Å²) in [4.78, 5) is 22.5. The van der Waals surface area contributed by atoms with Crippen molar-refractivity contribution in [1.29, 1.82) is 0 Å². The van der Waals surface area contributed by atoms with Gasteiger partial charge in [-0.2, -0.15) is 4.37 Å². The minimum Gasteiger partial charge on any atom is -0.353 e. The number of aryl methyl sites for hydroxylation is 1. The third-order valence-electron chi connectivity index (χ3n) is 2.28. The number of hydrogen-bond acceptors (Lipinski definition) is 6. The Balaban J connectivity index is 2.04. The predicted molar refractivity (Wildman–Crippen MR) is 70.9 cm³/mol. The van der Waals surface area contributed by atoms with E-state index in [4.69, 9.17) is 0 Å². The zero-order valence-electron chi connectivity index (χ0n) is 10.5. The number of hydrogen-bond donors (Lipinski definition) is 2. The monoisotopic (exact) mass is 265 g/mol. The van der Waals surface area contributed by atoms with Gasteiger partial charge in [-0.05, 0) is 6.92 Å². The molecule has 2 rings (SSSR count). The first-order valence-corrected chi connectivity index (χ1v) is 6.46. The molecule has 2 heterocycles. The van der Waals surface area contributed by atoms with Crippen LogP contribution in [-0.4, -0.2) is 19.3 Å². The van der Waals surface area contributed by atoms with Gasteiger partial charge in [-0.15, -0.1) is 0 Å². The average molecular weight is 265 g/mol. The van der Waals surface area contributed by atoms with Crippen molar-refractivity contribution in [3.05, 3.63) is 33.8 Å². The maximum atomic E-state index is 11.3. The van der Waals surface area contributed by atoms with Crippen LogP contribution in [0.3, 0.4) is 0 Å². The Morgan fingerprint density at radius 1 is 1.44 bits per heavy atom. The summed E-state index contributed by atoms with van der Waals surface area (Å²) in [6, 6.07) is 1.46. The number of aromatic nitrogens is 4. The van der Waals surface area contributed by atoms with Crippen molar-refractivity contribution in [2.45, 2.75) is 33.2 Å². The molecule has 0 atom stereocenters. The molecule has 6 nitrogen and oxygen atoms in total. The van der Waals surface area contributed by atoms with Gasteiger partial charge in [-0.25, -0.2) is 9.97 Å². The largest absolute Gasteiger partial charge is 0.353 e. The molecule has 18 heavy (non-hydrogen) atoms. The number of aromatic amines is 1. The SMILES string of the molecule is Cc1cc(=O)[nH]c(CNc2nc(C(C)C)ns2)n1. The topological polar surface area (TPSA) is 83.6 Å². The molecule has 2 aromatic rings. The van der Waals surface area contributed by atoms with Gasteiger partial charge in [0.05, 0.1) is 6.54 Å². The average Bonchev–Trinajstić information content (AvgIpc) is 2.73. The van der Waals surface area contributed by atoms with Gasteiger partial charge in [-0.1, -0.05) is 13.8 Å². The van der Waals surface area contributed by atoms with Crippen LogP contribution in [0, 0.1) is 6.92 Å². The van der Waals surface area contributed by atoms with E-state index in [1.807, 2.05) is 13.8 Å². The second-order valence-electron chi connectivity index (χ2n) is 4.30. The first-order chi connectivity index (χ1) is 8.54. The highest BCUT2D eigenvalue weighted by Gasteiger charge is 2.07. The summed E-state index contributed by atoms with van der Waals surface area (Å²) in [5.41, 5.74) is 0.565. The highest BCUT2D eigenvalue weighted by Crippen LogP contribution is 2.17. The van der Waals surface area contributed by atoms with E-state index in [2.05, 4.69) is 24.6 Å². The molecule has 0 aliphatic rings. The Morgan fingerprint density at radius 3 is 2.83 bits per heavy atom. The van der Waals surface area contributed by atoms with Crippen LogP contribution < -0.4 is 10.9 Å².